The molecule has 8 nitrogen and oxygen atoms in total. The minimum absolute atomic E-state index is 0.124. The molecule has 4 rings (SSSR count). The number of methoxy groups -OCH3 is 1. The zero-order chi connectivity index (χ0) is 26.0. The Kier molecular flexibility index (Phi) is 7.51. The summed E-state index contributed by atoms with van der Waals surface area (Å²) in [5.74, 6) is 0.346. The molecule has 0 fully saturated rings. The first-order valence-electron chi connectivity index (χ1n) is 11.0. The summed E-state index contributed by atoms with van der Waals surface area (Å²) in [4.78, 5) is 21.6. The summed E-state index contributed by atoms with van der Waals surface area (Å²) in [5.41, 5.74) is 9.05. The number of halogens is 3. The van der Waals surface area contributed by atoms with Crippen molar-refractivity contribution in [2.75, 3.05) is 25.9 Å². The van der Waals surface area contributed by atoms with E-state index in [-0.39, 0.29) is 28.2 Å². The summed E-state index contributed by atoms with van der Waals surface area (Å²) in [7, 11) is 1.55. The van der Waals surface area contributed by atoms with Gasteiger partial charge < -0.3 is 25.2 Å². The molecule has 1 aliphatic rings. The van der Waals surface area contributed by atoms with Gasteiger partial charge in [-0.3, -0.25) is 0 Å². The van der Waals surface area contributed by atoms with Crippen molar-refractivity contribution in [1.29, 1.82) is 0 Å². The minimum atomic E-state index is -0.963. The van der Waals surface area contributed by atoms with Crippen molar-refractivity contribution in [1.82, 2.24) is 14.9 Å². The predicted octanol–water partition coefficient (Wildman–Crippen LogP) is 6.09. The molecule has 0 radical (unpaired) electrons. The van der Waals surface area contributed by atoms with E-state index in [9.17, 15) is 14.3 Å². The number of ether oxygens (including phenoxy) is 2. The van der Waals surface area contributed by atoms with Crippen LogP contribution in [0.25, 0.3) is 16.8 Å². The Morgan fingerprint density at radius 2 is 2.03 bits per heavy atom. The van der Waals surface area contributed by atoms with Crippen LogP contribution in [0.2, 0.25) is 10.0 Å². The molecule has 1 aromatic carbocycles. The summed E-state index contributed by atoms with van der Waals surface area (Å²) < 4.78 is 25.5. The third-order valence-corrected chi connectivity index (χ3v) is 6.54. The summed E-state index contributed by atoms with van der Waals surface area (Å²) in [5, 5.41) is 9.35. The van der Waals surface area contributed by atoms with Crippen LogP contribution < -0.4 is 15.2 Å². The summed E-state index contributed by atoms with van der Waals surface area (Å²) >= 11 is 12.4. The summed E-state index contributed by atoms with van der Waals surface area (Å²) in [6.45, 7) is 2.31. The maximum atomic E-state index is 14.0. The highest BCUT2D eigenvalue weighted by atomic mass is 35.5. The van der Waals surface area contributed by atoms with E-state index in [4.69, 9.17) is 43.4 Å². The van der Waals surface area contributed by atoms with Crippen molar-refractivity contribution in [3.05, 3.63) is 69.7 Å². The van der Waals surface area contributed by atoms with Gasteiger partial charge >= 0.3 is 6.09 Å². The van der Waals surface area contributed by atoms with Gasteiger partial charge in [0.2, 0.25) is 0 Å². The van der Waals surface area contributed by atoms with E-state index in [1.165, 1.54) is 17.0 Å². The summed E-state index contributed by atoms with van der Waals surface area (Å²) in [6.07, 6.45) is 2.21. The molecule has 3 aromatic rings. The fourth-order valence-electron chi connectivity index (χ4n) is 3.91. The SMILES string of the molecule is COc1ccc(-c2cnc(N)c(OC(C)c3c(Cl)ccc(F)c3Cl)c2)nc1C1=CCN(C(=O)O)CC1. The molecule has 0 bridgehead atoms. The zero-order valence-electron chi connectivity index (χ0n) is 19.5. The molecule has 1 atom stereocenters. The van der Waals surface area contributed by atoms with Gasteiger partial charge in [-0.2, -0.15) is 0 Å². The molecule has 0 saturated heterocycles. The number of nitrogen functional groups attached to an aromatic ring is 1. The average Bonchev–Trinajstić information content (AvgIpc) is 2.87. The molecule has 11 heteroatoms. The van der Waals surface area contributed by atoms with E-state index in [2.05, 4.69) is 4.98 Å². The van der Waals surface area contributed by atoms with Crippen LogP contribution in [0.1, 0.15) is 30.7 Å². The average molecular weight is 533 g/mol. The maximum Gasteiger partial charge on any atom is 0.407 e. The quantitative estimate of drug-likeness (QED) is 0.369. The molecule has 1 amide bonds. The van der Waals surface area contributed by atoms with Crippen LogP contribution in [0.15, 0.2) is 42.6 Å². The Balaban J connectivity index is 1.66. The summed E-state index contributed by atoms with van der Waals surface area (Å²) in [6, 6.07) is 7.84. The van der Waals surface area contributed by atoms with Gasteiger partial charge in [0, 0.05) is 35.4 Å². The Labute approximate surface area is 217 Å². The molecule has 36 heavy (non-hydrogen) atoms. The number of carboxylic acid groups (broad SMARTS) is 1. The fraction of sp³-hybridized carbons (Fsp3) is 0.240. The molecule has 0 saturated carbocycles. The van der Waals surface area contributed by atoms with E-state index in [0.717, 1.165) is 5.57 Å². The van der Waals surface area contributed by atoms with Gasteiger partial charge in [-0.1, -0.05) is 29.3 Å². The molecule has 3 N–H and O–H groups in total. The van der Waals surface area contributed by atoms with Crippen LogP contribution in [-0.2, 0) is 0 Å². The number of anilines is 1. The first-order chi connectivity index (χ1) is 17.2. The highest BCUT2D eigenvalue weighted by Crippen LogP contribution is 2.37. The van der Waals surface area contributed by atoms with E-state index in [1.54, 1.807) is 38.4 Å². The second kappa shape index (κ2) is 10.6. The zero-order valence-corrected chi connectivity index (χ0v) is 21.0. The Hall–Kier alpha value is -3.56. The molecule has 0 spiro atoms. The molecule has 188 valence electrons. The highest BCUT2D eigenvalue weighted by molar-refractivity contribution is 6.36. The monoisotopic (exact) mass is 532 g/mol. The number of rotatable bonds is 6. The van der Waals surface area contributed by atoms with Crippen molar-refractivity contribution < 1.29 is 23.8 Å². The second-order valence-electron chi connectivity index (χ2n) is 8.08. The van der Waals surface area contributed by atoms with Crippen molar-refractivity contribution in [3.8, 4) is 22.8 Å². The number of aromatic nitrogens is 2. The Morgan fingerprint density at radius 1 is 1.25 bits per heavy atom. The number of hydrogen-bond donors (Lipinski definition) is 2. The number of benzene rings is 1. The lowest BCUT2D eigenvalue weighted by Crippen LogP contribution is -2.33. The topological polar surface area (TPSA) is 111 Å². The minimum Gasteiger partial charge on any atom is -0.494 e. The van der Waals surface area contributed by atoms with Gasteiger partial charge in [-0.15, -0.1) is 0 Å². The lowest BCUT2D eigenvalue weighted by atomic mass is 10.0. The van der Waals surface area contributed by atoms with Gasteiger partial charge in [-0.05, 0) is 49.2 Å². The van der Waals surface area contributed by atoms with Gasteiger partial charge in [0.25, 0.3) is 0 Å². The third kappa shape index (κ3) is 5.17. The smallest absolute Gasteiger partial charge is 0.407 e. The Morgan fingerprint density at radius 3 is 2.69 bits per heavy atom. The van der Waals surface area contributed by atoms with Gasteiger partial charge in [-0.25, -0.2) is 19.2 Å². The largest absolute Gasteiger partial charge is 0.494 e. The molecule has 1 aliphatic heterocycles. The molecule has 1 unspecified atom stereocenters. The number of pyridine rings is 2. The van der Waals surface area contributed by atoms with E-state index in [1.807, 2.05) is 6.08 Å². The standard InChI is InChI=1S/C25H23Cl2FN4O4/c1-13(21-16(26)3-4-17(28)22(21)27)36-20-11-15(12-30-24(20)29)18-5-6-19(35-2)23(31-18)14-7-9-32(10-8-14)25(33)34/h3-7,11-13H,8-10H2,1-2H3,(H2,29,30)(H,33,34). The van der Waals surface area contributed by atoms with Gasteiger partial charge in [0.1, 0.15) is 23.4 Å². The molecule has 2 aromatic heterocycles. The normalized spacial score (nSPS) is 14.2. The van der Waals surface area contributed by atoms with E-state index < -0.39 is 18.0 Å². The maximum absolute atomic E-state index is 14.0. The highest BCUT2D eigenvalue weighted by Gasteiger charge is 2.22. The van der Waals surface area contributed by atoms with Crippen LogP contribution in [0.4, 0.5) is 15.0 Å². The van der Waals surface area contributed by atoms with Crippen molar-refractivity contribution in [2.45, 2.75) is 19.4 Å². The number of hydrogen-bond acceptors (Lipinski definition) is 6. The Bertz CT molecular complexity index is 1350. The lowest BCUT2D eigenvalue weighted by molar-refractivity contribution is 0.150. The van der Waals surface area contributed by atoms with E-state index >= 15 is 0 Å². The molecular weight excluding hydrogens is 510 g/mol. The number of carbonyl (C=O) groups is 1. The van der Waals surface area contributed by atoms with Crippen LogP contribution in [0.5, 0.6) is 11.5 Å². The molecule has 0 aliphatic carbocycles. The fourth-order valence-corrected chi connectivity index (χ4v) is 4.59. The van der Waals surface area contributed by atoms with Crippen LogP contribution in [0, 0.1) is 5.82 Å². The van der Waals surface area contributed by atoms with Crippen molar-refractivity contribution in [2.24, 2.45) is 0 Å². The first kappa shape index (κ1) is 25.5. The second-order valence-corrected chi connectivity index (χ2v) is 8.86. The number of nitrogens with zero attached hydrogens (tertiary/aromatic N) is 3. The van der Waals surface area contributed by atoms with Crippen molar-refractivity contribution >= 4 is 40.7 Å². The number of amides is 1. The van der Waals surface area contributed by atoms with Crippen molar-refractivity contribution in [3.63, 3.8) is 0 Å². The van der Waals surface area contributed by atoms with E-state index in [0.29, 0.717) is 41.2 Å². The molecule has 3 heterocycles. The lowest BCUT2D eigenvalue weighted by Gasteiger charge is -2.24. The van der Waals surface area contributed by atoms with Crippen LogP contribution >= 0.6 is 23.2 Å². The number of nitrogens with two attached hydrogens (primary N) is 1. The first-order valence-corrected chi connectivity index (χ1v) is 11.7. The van der Waals surface area contributed by atoms with Crippen LogP contribution in [-0.4, -0.2) is 46.3 Å². The third-order valence-electron chi connectivity index (χ3n) is 5.83. The van der Waals surface area contributed by atoms with Gasteiger partial charge in [0.15, 0.2) is 11.6 Å². The molecular formula is C25H23Cl2FN4O4. The predicted molar refractivity (Wildman–Crippen MR) is 136 cm³/mol. The van der Waals surface area contributed by atoms with Gasteiger partial charge in [0.05, 0.1) is 17.8 Å². The van der Waals surface area contributed by atoms with Crippen LogP contribution in [0.3, 0.4) is 0 Å².